The van der Waals surface area contributed by atoms with Crippen LogP contribution >= 0.6 is 12.4 Å². The van der Waals surface area contributed by atoms with Crippen LogP contribution in [0.25, 0.3) is 0 Å². The Morgan fingerprint density at radius 1 is 1.29 bits per heavy atom. The largest absolute Gasteiger partial charge is 0.494 e. The summed E-state index contributed by atoms with van der Waals surface area (Å²) in [7, 11) is 0. The summed E-state index contributed by atoms with van der Waals surface area (Å²) in [6.45, 7) is 3.46. The van der Waals surface area contributed by atoms with Gasteiger partial charge in [0.1, 0.15) is 5.75 Å². The van der Waals surface area contributed by atoms with Crippen molar-refractivity contribution in [3.63, 3.8) is 0 Å². The molecule has 0 atom stereocenters. The fourth-order valence-corrected chi connectivity index (χ4v) is 1.30. The fraction of sp³-hybridized carbons (Fsp3) is 0.455. The van der Waals surface area contributed by atoms with Crippen molar-refractivity contribution in [2.45, 2.75) is 19.8 Å². The molecular formula is C11H18ClNO. The van der Waals surface area contributed by atoms with Crippen LogP contribution < -0.4 is 10.5 Å². The van der Waals surface area contributed by atoms with Gasteiger partial charge in [-0.2, -0.15) is 0 Å². The number of ether oxygens (including phenoxy) is 1. The van der Waals surface area contributed by atoms with E-state index in [2.05, 4.69) is 6.07 Å². The summed E-state index contributed by atoms with van der Waals surface area (Å²) >= 11 is 0. The fourth-order valence-electron chi connectivity index (χ4n) is 1.30. The minimum atomic E-state index is 0. The number of aryl methyl sites for hydroxylation is 1. The predicted molar refractivity (Wildman–Crippen MR) is 62.2 cm³/mol. The molecule has 0 aliphatic carbocycles. The van der Waals surface area contributed by atoms with Gasteiger partial charge >= 0.3 is 0 Å². The molecule has 0 heterocycles. The van der Waals surface area contributed by atoms with E-state index >= 15 is 0 Å². The number of halogens is 1. The molecule has 0 aliphatic heterocycles. The van der Waals surface area contributed by atoms with Crippen LogP contribution in [0.2, 0.25) is 0 Å². The first-order valence-electron chi connectivity index (χ1n) is 4.79. The quantitative estimate of drug-likeness (QED) is 0.819. The lowest BCUT2D eigenvalue weighted by Gasteiger charge is -2.08. The van der Waals surface area contributed by atoms with Crippen molar-refractivity contribution in [3.8, 4) is 5.75 Å². The van der Waals surface area contributed by atoms with Crippen molar-refractivity contribution in [2.75, 3.05) is 13.2 Å². The topological polar surface area (TPSA) is 35.2 Å². The SMILES string of the molecule is CCOc1ccccc1CCCN.Cl. The Bertz CT molecular complexity index is 253. The molecule has 0 aliphatic rings. The molecule has 0 radical (unpaired) electrons. The average Bonchev–Trinajstić information content (AvgIpc) is 2.17. The minimum absolute atomic E-state index is 0. The molecule has 0 saturated carbocycles. The molecule has 1 aromatic carbocycles. The van der Waals surface area contributed by atoms with E-state index in [1.165, 1.54) is 5.56 Å². The second-order valence-electron chi connectivity index (χ2n) is 2.93. The van der Waals surface area contributed by atoms with Gasteiger partial charge in [-0.3, -0.25) is 0 Å². The van der Waals surface area contributed by atoms with Crippen LogP contribution in [0.15, 0.2) is 24.3 Å². The summed E-state index contributed by atoms with van der Waals surface area (Å²) in [6, 6.07) is 8.14. The molecule has 0 spiro atoms. The maximum atomic E-state index is 5.49. The zero-order chi connectivity index (χ0) is 9.52. The summed E-state index contributed by atoms with van der Waals surface area (Å²) in [6.07, 6.45) is 2.02. The van der Waals surface area contributed by atoms with E-state index in [9.17, 15) is 0 Å². The molecule has 0 aromatic heterocycles. The van der Waals surface area contributed by atoms with Gasteiger partial charge in [-0.15, -0.1) is 12.4 Å². The Morgan fingerprint density at radius 2 is 2.00 bits per heavy atom. The van der Waals surface area contributed by atoms with E-state index in [1.54, 1.807) is 0 Å². The summed E-state index contributed by atoms with van der Waals surface area (Å²) < 4.78 is 5.49. The number of nitrogens with two attached hydrogens (primary N) is 1. The van der Waals surface area contributed by atoms with E-state index < -0.39 is 0 Å². The van der Waals surface area contributed by atoms with Crippen LogP contribution in [-0.2, 0) is 6.42 Å². The lowest BCUT2D eigenvalue weighted by molar-refractivity contribution is 0.336. The van der Waals surface area contributed by atoms with E-state index in [4.69, 9.17) is 10.5 Å². The molecule has 2 nitrogen and oxygen atoms in total. The van der Waals surface area contributed by atoms with E-state index in [-0.39, 0.29) is 12.4 Å². The highest BCUT2D eigenvalue weighted by Crippen LogP contribution is 2.18. The van der Waals surface area contributed by atoms with Gasteiger partial charge < -0.3 is 10.5 Å². The highest BCUT2D eigenvalue weighted by Gasteiger charge is 2.00. The maximum Gasteiger partial charge on any atom is 0.122 e. The number of hydrogen-bond acceptors (Lipinski definition) is 2. The molecule has 0 unspecified atom stereocenters. The number of benzene rings is 1. The highest BCUT2D eigenvalue weighted by molar-refractivity contribution is 5.85. The summed E-state index contributed by atoms with van der Waals surface area (Å²) in [5.74, 6) is 0.999. The van der Waals surface area contributed by atoms with Crippen molar-refractivity contribution in [3.05, 3.63) is 29.8 Å². The van der Waals surface area contributed by atoms with Crippen molar-refractivity contribution in [2.24, 2.45) is 5.73 Å². The van der Waals surface area contributed by atoms with Gasteiger partial charge in [0.05, 0.1) is 6.61 Å². The van der Waals surface area contributed by atoms with Crippen molar-refractivity contribution in [1.82, 2.24) is 0 Å². The van der Waals surface area contributed by atoms with Crippen LogP contribution in [0.3, 0.4) is 0 Å². The molecule has 3 heteroatoms. The first-order chi connectivity index (χ1) is 6.38. The minimum Gasteiger partial charge on any atom is -0.494 e. The summed E-state index contributed by atoms with van der Waals surface area (Å²) in [5.41, 5.74) is 6.72. The van der Waals surface area contributed by atoms with E-state index in [0.717, 1.165) is 31.7 Å². The third-order valence-corrected chi connectivity index (χ3v) is 1.92. The standard InChI is InChI=1S/C11H17NO.ClH/c1-2-13-11-8-4-3-6-10(11)7-5-9-12;/h3-4,6,8H,2,5,7,9,12H2,1H3;1H. The Hall–Kier alpha value is -0.730. The smallest absolute Gasteiger partial charge is 0.122 e. The molecule has 2 N–H and O–H groups in total. The first-order valence-corrected chi connectivity index (χ1v) is 4.79. The Kier molecular flexibility index (Phi) is 7.25. The third kappa shape index (κ3) is 3.99. The first kappa shape index (κ1) is 13.3. The van der Waals surface area contributed by atoms with Gasteiger partial charge in [0.25, 0.3) is 0 Å². The van der Waals surface area contributed by atoms with Crippen LogP contribution in [-0.4, -0.2) is 13.2 Å². The molecule has 0 fully saturated rings. The molecule has 0 bridgehead atoms. The normalized spacial score (nSPS) is 9.29. The second kappa shape index (κ2) is 7.65. The number of hydrogen-bond donors (Lipinski definition) is 1. The highest BCUT2D eigenvalue weighted by atomic mass is 35.5. The summed E-state index contributed by atoms with van der Waals surface area (Å²) in [5, 5.41) is 0. The molecule has 0 saturated heterocycles. The second-order valence-corrected chi connectivity index (χ2v) is 2.93. The van der Waals surface area contributed by atoms with Crippen molar-refractivity contribution >= 4 is 12.4 Å². The lowest BCUT2D eigenvalue weighted by Crippen LogP contribution is -2.02. The van der Waals surface area contributed by atoms with E-state index in [1.807, 2.05) is 25.1 Å². The van der Waals surface area contributed by atoms with Crippen LogP contribution in [0.4, 0.5) is 0 Å². The van der Waals surface area contributed by atoms with Crippen molar-refractivity contribution in [1.29, 1.82) is 0 Å². The van der Waals surface area contributed by atoms with Crippen molar-refractivity contribution < 1.29 is 4.74 Å². The van der Waals surface area contributed by atoms with Gasteiger partial charge in [-0.1, -0.05) is 18.2 Å². The van der Waals surface area contributed by atoms with Gasteiger partial charge in [0.15, 0.2) is 0 Å². The molecule has 1 rings (SSSR count). The van der Waals surface area contributed by atoms with Gasteiger partial charge in [0, 0.05) is 0 Å². The predicted octanol–water partition coefficient (Wildman–Crippen LogP) is 2.40. The average molecular weight is 216 g/mol. The molecule has 14 heavy (non-hydrogen) atoms. The van der Waals surface area contributed by atoms with Crippen LogP contribution in [0.1, 0.15) is 18.9 Å². The van der Waals surface area contributed by atoms with Gasteiger partial charge in [-0.05, 0) is 37.9 Å². The van der Waals surface area contributed by atoms with Crippen LogP contribution in [0.5, 0.6) is 5.75 Å². The van der Waals surface area contributed by atoms with Gasteiger partial charge in [0.2, 0.25) is 0 Å². The number of rotatable bonds is 5. The molecular weight excluding hydrogens is 198 g/mol. The Labute approximate surface area is 91.9 Å². The summed E-state index contributed by atoms with van der Waals surface area (Å²) in [4.78, 5) is 0. The zero-order valence-corrected chi connectivity index (χ0v) is 9.35. The third-order valence-electron chi connectivity index (χ3n) is 1.92. The molecule has 0 amide bonds. The van der Waals surface area contributed by atoms with Crippen LogP contribution in [0, 0.1) is 0 Å². The Morgan fingerprint density at radius 3 is 2.64 bits per heavy atom. The zero-order valence-electron chi connectivity index (χ0n) is 8.53. The molecule has 80 valence electrons. The number of para-hydroxylation sites is 1. The van der Waals surface area contributed by atoms with E-state index in [0.29, 0.717) is 0 Å². The van der Waals surface area contributed by atoms with Gasteiger partial charge in [-0.25, -0.2) is 0 Å². The lowest BCUT2D eigenvalue weighted by atomic mass is 10.1. The molecule has 1 aromatic rings. The maximum absolute atomic E-state index is 5.49. The monoisotopic (exact) mass is 215 g/mol. The Balaban J connectivity index is 0.00000169.